The van der Waals surface area contributed by atoms with Crippen molar-refractivity contribution in [2.24, 2.45) is 0 Å². The van der Waals surface area contributed by atoms with Gasteiger partial charge in [-0.25, -0.2) is 4.79 Å². The largest absolute Gasteiger partial charge is 0.479 e. The minimum absolute atomic E-state index is 0.0621. The van der Waals surface area contributed by atoms with Crippen molar-refractivity contribution in [3.63, 3.8) is 0 Å². The summed E-state index contributed by atoms with van der Waals surface area (Å²) in [5, 5.41) is 9.09. The van der Waals surface area contributed by atoms with E-state index in [4.69, 9.17) is 9.84 Å². The summed E-state index contributed by atoms with van der Waals surface area (Å²) in [6, 6.07) is 6.18. The molecule has 0 amide bonds. The molecule has 1 rings (SSSR count). The SMILES string of the molecule is CCC(C)(C)c1ccc(OC(C)C(=O)O)c(C(C)(C)CC)c1. The molecule has 1 aromatic rings. The summed E-state index contributed by atoms with van der Waals surface area (Å²) in [5.41, 5.74) is 2.38. The molecule has 0 aliphatic carbocycles. The molecule has 3 nitrogen and oxygen atoms in total. The molecule has 1 unspecified atom stereocenters. The van der Waals surface area contributed by atoms with Gasteiger partial charge in [-0.3, -0.25) is 0 Å². The first-order valence-electron chi connectivity index (χ1n) is 8.09. The van der Waals surface area contributed by atoms with Crippen LogP contribution in [-0.2, 0) is 15.6 Å². The molecular formula is C19H30O3. The Morgan fingerprint density at radius 3 is 2.14 bits per heavy atom. The first-order chi connectivity index (χ1) is 10.0. The van der Waals surface area contributed by atoms with E-state index in [1.54, 1.807) is 6.92 Å². The zero-order valence-electron chi connectivity index (χ0n) is 15.0. The van der Waals surface area contributed by atoms with Gasteiger partial charge in [-0.15, -0.1) is 0 Å². The van der Waals surface area contributed by atoms with Crippen molar-refractivity contribution >= 4 is 5.97 Å². The maximum Gasteiger partial charge on any atom is 0.344 e. The highest BCUT2D eigenvalue weighted by molar-refractivity contribution is 5.72. The fourth-order valence-corrected chi connectivity index (χ4v) is 2.22. The molecule has 0 saturated heterocycles. The van der Waals surface area contributed by atoms with Gasteiger partial charge in [0, 0.05) is 5.56 Å². The molecule has 0 heterocycles. The Morgan fingerprint density at radius 2 is 1.68 bits per heavy atom. The number of rotatable bonds is 7. The molecule has 0 fully saturated rings. The Morgan fingerprint density at radius 1 is 1.14 bits per heavy atom. The second-order valence-corrected chi connectivity index (χ2v) is 7.28. The highest BCUT2D eigenvalue weighted by Gasteiger charge is 2.27. The molecule has 3 heteroatoms. The lowest BCUT2D eigenvalue weighted by Crippen LogP contribution is -2.26. The third-order valence-electron chi connectivity index (χ3n) is 4.91. The molecule has 0 radical (unpaired) electrons. The van der Waals surface area contributed by atoms with Crippen LogP contribution in [0, 0.1) is 0 Å². The maximum absolute atomic E-state index is 11.1. The number of ether oxygens (including phenoxy) is 1. The number of hydrogen-bond donors (Lipinski definition) is 1. The molecular weight excluding hydrogens is 276 g/mol. The highest BCUT2D eigenvalue weighted by atomic mass is 16.5. The Kier molecular flexibility index (Phi) is 5.66. The lowest BCUT2D eigenvalue weighted by atomic mass is 9.76. The van der Waals surface area contributed by atoms with Crippen LogP contribution < -0.4 is 4.74 Å². The van der Waals surface area contributed by atoms with Gasteiger partial charge in [0.15, 0.2) is 6.10 Å². The monoisotopic (exact) mass is 306 g/mol. The Hall–Kier alpha value is -1.51. The number of carboxylic acid groups (broad SMARTS) is 1. The summed E-state index contributed by atoms with van der Waals surface area (Å²) >= 11 is 0. The number of carbonyl (C=O) groups is 1. The highest BCUT2D eigenvalue weighted by Crippen LogP contribution is 2.38. The summed E-state index contributed by atoms with van der Waals surface area (Å²) in [6.45, 7) is 14.7. The van der Waals surface area contributed by atoms with E-state index in [1.165, 1.54) is 5.56 Å². The van der Waals surface area contributed by atoms with Crippen LogP contribution in [0.2, 0.25) is 0 Å². The normalized spacial score (nSPS) is 13.8. The van der Waals surface area contributed by atoms with Gasteiger partial charge in [0.25, 0.3) is 0 Å². The molecule has 0 aromatic heterocycles. The topological polar surface area (TPSA) is 46.5 Å². The number of aliphatic carboxylic acids is 1. The van der Waals surface area contributed by atoms with E-state index in [2.05, 4.69) is 53.7 Å². The summed E-state index contributed by atoms with van der Waals surface area (Å²) in [6.07, 6.45) is 1.15. The fraction of sp³-hybridized carbons (Fsp3) is 0.632. The Bertz CT molecular complexity index is 529. The predicted molar refractivity (Wildman–Crippen MR) is 90.8 cm³/mol. The molecule has 124 valence electrons. The molecule has 0 aliphatic heterocycles. The van der Waals surface area contributed by atoms with Crippen molar-refractivity contribution in [3.05, 3.63) is 29.3 Å². The van der Waals surface area contributed by atoms with Gasteiger partial charge in [0.1, 0.15) is 5.75 Å². The molecule has 1 atom stereocenters. The standard InChI is InChI=1S/C19H30O3/c1-8-18(4,5)14-10-11-16(22-13(3)17(20)21)15(12-14)19(6,7)9-2/h10-13H,8-9H2,1-7H3,(H,20,21). The van der Waals surface area contributed by atoms with Crippen molar-refractivity contribution in [2.75, 3.05) is 0 Å². The Labute approximate surface area is 134 Å². The van der Waals surface area contributed by atoms with Crippen LogP contribution in [0.3, 0.4) is 0 Å². The van der Waals surface area contributed by atoms with Crippen molar-refractivity contribution < 1.29 is 14.6 Å². The van der Waals surface area contributed by atoms with Crippen molar-refractivity contribution in [2.45, 2.75) is 78.2 Å². The lowest BCUT2D eigenvalue weighted by molar-refractivity contribution is -0.144. The molecule has 1 aromatic carbocycles. The van der Waals surface area contributed by atoms with Gasteiger partial charge in [-0.05, 0) is 42.2 Å². The molecule has 22 heavy (non-hydrogen) atoms. The predicted octanol–water partition coefficient (Wildman–Crippen LogP) is 4.91. The number of hydrogen-bond acceptors (Lipinski definition) is 2. The summed E-state index contributed by atoms with van der Waals surface area (Å²) < 4.78 is 5.70. The van der Waals surface area contributed by atoms with E-state index in [1.807, 2.05) is 6.07 Å². The zero-order valence-corrected chi connectivity index (χ0v) is 15.0. The first kappa shape index (κ1) is 18.5. The van der Waals surface area contributed by atoms with Crippen LogP contribution in [-0.4, -0.2) is 17.2 Å². The van der Waals surface area contributed by atoms with Gasteiger partial charge in [0.05, 0.1) is 0 Å². The molecule has 0 bridgehead atoms. The molecule has 0 saturated carbocycles. The van der Waals surface area contributed by atoms with E-state index in [9.17, 15) is 4.79 Å². The smallest absolute Gasteiger partial charge is 0.344 e. The molecule has 1 N–H and O–H groups in total. The lowest BCUT2D eigenvalue weighted by Gasteiger charge is -2.31. The van der Waals surface area contributed by atoms with Gasteiger partial charge >= 0.3 is 5.97 Å². The van der Waals surface area contributed by atoms with E-state index in [0.717, 1.165) is 18.4 Å². The second-order valence-electron chi connectivity index (χ2n) is 7.28. The van der Waals surface area contributed by atoms with Gasteiger partial charge in [-0.2, -0.15) is 0 Å². The van der Waals surface area contributed by atoms with E-state index in [0.29, 0.717) is 5.75 Å². The minimum Gasteiger partial charge on any atom is -0.479 e. The van der Waals surface area contributed by atoms with Crippen molar-refractivity contribution in [1.29, 1.82) is 0 Å². The van der Waals surface area contributed by atoms with Crippen LogP contribution in [0.4, 0.5) is 0 Å². The summed E-state index contributed by atoms with van der Waals surface area (Å²) in [4.78, 5) is 11.1. The average Bonchev–Trinajstić information content (AvgIpc) is 2.47. The van der Waals surface area contributed by atoms with Gasteiger partial charge in [-0.1, -0.05) is 53.7 Å². The fourth-order valence-electron chi connectivity index (χ4n) is 2.22. The zero-order chi connectivity index (χ0) is 17.1. The summed E-state index contributed by atoms with van der Waals surface area (Å²) in [7, 11) is 0. The third-order valence-corrected chi connectivity index (χ3v) is 4.91. The summed E-state index contributed by atoms with van der Waals surface area (Å²) in [5.74, 6) is -0.268. The van der Waals surface area contributed by atoms with E-state index < -0.39 is 12.1 Å². The first-order valence-corrected chi connectivity index (χ1v) is 8.09. The van der Waals surface area contributed by atoms with Crippen LogP contribution in [0.25, 0.3) is 0 Å². The maximum atomic E-state index is 11.1. The van der Waals surface area contributed by atoms with E-state index >= 15 is 0 Å². The minimum atomic E-state index is -0.946. The average molecular weight is 306 g/mol. The quantitative estimate of drug-likeness (QED) is 0.778. The van der Waals surface area contributed by atoms with Crippen LogP contribution in [0.15, 0.2) is 18.2 Å². The third kappa shape index (κ3) is 4.02. The number of benzene rings is 1. The second kappa shape index (κ2) is 6.72. The van der Waals surface area contributed by atoms with Gasteiger partial charge in [0.2, 0.25) is 0 Å². The van der Waals surface area contributed by atoms with Crippen LogP contribution in [0.1, 0.15) is 72.4 Å². The van der Waals surface area contributed by atoms with Gasteiger partial charge < -0.3 is 9.84 Å². The van der Waals surface area contributed by atoms with E-state index in [-0.39, 0.29) is 10.8 Å². The van der Waals surface area contributed by atoms with Crippen LogP contribution in [0.5, 0.6) is 5.75 Å². The van der Waals surface area contributed by atoms with Crippen molar-refractivity contribution in [1.82, 2.24) is 0 Å². The molecule has 0 aliphatic rings. The Balaban J connectivity index is 3.36. The van der Waals surface area contributed by atoms with Crippen LogP contribution >= 0.6 is 0 Å². The molecule has 0 spiro atoms. The van der Waals surface area contributed by atoms with Crippen molar-refractivity contribution in [3.8, 4) is 5.75 Å². The number of carboxylic acids is 1.